The van der Waals surface area contributed by atoms with Crippen molar-refractivity contribution in [3.8, 4) is 0 Å². The van der Waals surface area contributed by atoms with E-state index in [9.17, 15) is 14.4 Å². The molecule has 1 aliphatic heterocycles. The highest BCUT2D eigenvalue weighted by Gasteiger charge is 2.44. The minimum Gasteiger partial charge on any atom is -0.295 e. The molecule has 0 bridgehead atoms. The van der Waals surface area contributed by atoms with E-state index in [1.54, 1.807) is 6.08 Å². The zero-order chi connectivity index (χ0) is 19.9. The summed E-state index contributed by atoms with van der Waals surface area (Å²) in [5.41, 5.74) is 2.43. The van der Waals surface area contributed by atoms with E-state index >= 15 is 0 Å². The minimum atomic E-state index is -0.397. The molecular formula is C22H26BrNO3. The first-order chi connectivity index (χ1) is 12.6. The van der Waals surface area contributed by atoms with Gasteiger partial charge in [-0.05, 0) is 54.0 Å². The summed E-state index contributed by atoms with van der Waals surface area (Å²) in [6, 6.07) is 5.69. The van der Waals surface area contributed by atoms with Gasteiger partial charge in [-0.2, -0.15) is 0 Å². The van der Waals surface area contributed by atoms with E-state index in [0.717, 1.165) is 28.5 Å². The minimum absolute atomic E-state index is 0.0933. The van der Waals surface area contributed by atoms with Gasteiger partial charge in [-0.15, -0.1) is 0 Å². The Bertz CT molecular complexity index is 834. The number of allylic oxidation sites excluding steroid dienone is 2. The average molecular weight is 432 g/mol. The average Bonchev–Trinajstić information content (AvgIpc) is 2.88. The van der Waals surface area contributed by atoms with Crippen LogP contribution >= 0.6 is 15.9 Å². The Morgan fingerprint density at radius 2 is 1.85 bits per heavy atom. The number of anilines is 1. The van der Waals surface area contributed by atoms with Crippen LogP contribution in [-0.2, 0) is 19.8 Å². The fraction of sp³-hybridized carbons (Fsp3) is 0.500. The van der Waals surface area contributed by atoms with Crippen molar-refractivity contribution in [2.75, 3.05) is 4.90 Å². The molecule has 2 amide bonds. The molecular weight excluding hydrogens is 406 g/mol. The van der Waals surface area contributed by atoms with Gasteiger partial charge >= 0.3 is 0 Å². The number of rotatable bonds is 3. The first kappa shape index (κ1) is 20.0. The third kappa shape index (κ3) is 3.93. The second-order valence-electron chi connectivity index (χ2n) is 8.62. The molecule has 0 aromatic heterocycles. The molecule has 27 heavy (non-hydrogen) atoms. The number of carbonyl (C=O) groups is 3. The maximum absolute atomic E-state index is 13.2. The lowest BCUT2D eigenvalue weighted by molar-refractivity contribution is -0.123. The molecule has 2 atom stereocenters. The molecule has 0 N–H and O–H groups in total. The second kappa shape index (κ2) is 7.34. The predicted octanol–water partition coefficient (Wildman–Crippen LogP) is 4.94. The molecule has 1 heterocycles. The Labute approximate surface area is 169 Å². The van der Waals surface area contributed by atoms with Crippen LogP contribution in [0.15, 0.2) is 34.3 Å². The number of benzene rings is 1. The van der Waals surface area contributed by atoms with E-state index in [2.05, 4.69) is 36.7 Å². The second-order valence-corrected chi connectivity index (χ2v) is 9.53. The van der Waals surface area contributed by atoms with Gasteiger partial charge in [0.1, 0.15) is 0 Å². The number of amides is 2. The van der Waals surface area contributed by atoms with Crippen LogP contribution < -0.4 is 4.90 Å². The van der Waals surface area contributed by atoms with Crippen molar-refractivity contribution in [3.63, 3.8) is 0 Å². The zero-order valence-electron chi connectivity index (χ0n) is 16.3. The number of imide groups is 1. The van der Waals surface area contributed by atoms with Gasteiger partial charge in [-0.3, -0.25) is 14.4 Å². The first-order valence-electron chi connectivity index (χ1n) is 9.49. The summed E-state index contributed by atoms with van der Waals surface area (Å²) in [7, 11) is 0. The molecule has 1 aromatic rings. The van der Waals surface area contributed by atoms with Crippen LogP contribution in [0.2, 0.25) is 0 Å². The van der Waals surface area contributed by atoms with E-state index < -0.39 is 5.92 Å². The van der Waals surface area contributed by atoms with Crippen LogP contribution in [0.4, 0.5) is 5.69 Å². The number of ketones is 1. The van der Waals surface area contributed by atoms with Gasteiger partial charge in [0.05, 0.1) is 11.6 Å². The number of nitrogens with zero attached hydrogens (tertiary/aromatic N) is 1. The largest absolute Gasteiger partial charge is 0.295 e. The van der Waals surface area contributed by atoms with Gasteiger partial charge in [0, 0.05) is 17.3 Å². The van der Waals surface area contributed by atoms with Crippen LogP contribution in [0.25, 0.3) is 0 Å². The molecule has 4 nitrogen and oxygen atoms in total. The molecule has 1 aromatic carbocycles. The zero-order valence-corrected chi connectivity index (χ0v) is 17.9. The van der Waals surface area contributed by atoms with Crippen molar-refractivity contribution >= 4 is 39.2 Å². The highest BCUT2D eigenvalue weighted by atomic mass is 79.9. The van der Waals surface area contributed by atoms with Gasteiger partial charge in [0.15, 0.2) is 5.78 Å². The molecule has 1 aliphatic carbocycles. The Kier molecular flexibility index (Phi) is 5.44. The highest BCUT2D eigenvalue weighted by Crippen LogP contribution is 2.40. The van der Waals surface area contributed by atoms with Crippen molar-refractivity contribution in [2.45, 2.75) is 58.8 Å². The molecule has 0 unspecified atom stereocenters. The van der Waals surface area contributed by atoms with Gasteiger partial charge in [-0.1, -0.05) is 49.2 Å². The van der Waals surface area contributed by atoms with Crippen molar-refractivity contribution in [2.24, 2.45) is 11.8 Å². The standard InChI is InChI=1S/C22H26BrNO3/c1-13(14-6-5-7-16(25)10-14)17-12-20(26)24(21(17)27)19-9-8-15(23)11-18(19)22(2,3)4/h8-11,13,17H,5-7,12H2,1-4H3/t13-,17-/m1/s1. The molecule has 0 spiro atoms. The van der Waals surface area contributed by atoms with E-state index in [1.807, 2.05) is 25.1 Å². The Morgan fingerprint density at radius 3 is 2.48 bits per heavy atom. The van der Waals surface area contributed by atoms with Crippen LogP contribution in [0, 0.1) is 11.8 Å². The number of halogens is 1. The summed E-state index contributed by atoms with van der Waals surface area (Å²) in [5, 5.41) is 0. The summed E-state index contributed by atoms with van der Waals surface area (Å²) in [6.07, 6.45) is 4.12. The fourth-order valence-electron chi connectivity index (χ4n) is 4.04. The van der Waals surface area contributed by atoms with Gasteiger partial charge in [0.25, 0.3) is 0 Å². The molecule has 3 rings (SSSR count). The monoisotopic (exact) mass is 431 g/mol. The topological polar surface area (TPSA) is 54.5 Å². The first-order valence-corrected chi connectivity index (χ1v) is 10.3. The van der Waals surface area contributed by atoms with Crippen LogP contribution in [-0.4, -0.2) is 17.6 Å². The molecule has 1 saturated heterocycles. The third-order valence-electron chi connectivity index (χ3n) is 5.61. The van der Waals surface area contributed by atoms with Crippen molar-refractivity contribution < 1.29 is 14.4 Å². The van der Waals surface area contributed by atoms with E-state index in [1.165, 1.54) is 4.90 Å². The molecule has 0 radical (unpaired) electrons. The van der Waals surface area contributed by atoms with E-state index in [4.69, 9.17) is 0 Å². The highest BCUT2D eigenvalue weighted by molar-refractivity contribution is 9.10. The van der Waals surface area contributed by atoms with E-state index in [0.29, 0.717) is 12.1 Å². The van der Waals surface area contributed by atoms with Crippen molar-refractivity contribution in [1.29, 1.82) is 0 Å². The van der Waals surface area contributed by atoms with Crippen LogP contribution in [0.1, 0.15) is 58.9 Å². The Balaban J connectivity index is 1.95. The maximum Gasteiger partial charge on any atom is 0.237 e. The molecule has 1 fully saturated rings. The van der Waals surface area contributed by atoms with Crippen molar-refractivity contribution in [3.05, 3.63) is 39.9 Å². The Hall–Kier alpha value is -1.75. The van der Waals surface area contributed by atoms with Crippen molar-refractivity contribution in [1.82, 2.24) is 0 Å². The lowest BCUT2D eigenvalue weighted by Crippen LogP contribution is -2.34. The summed E-state index contributed by atoms with van der Waals surface area (Å²) in [5.74, 6) is -0.679. The summed E-state index contributed by atoms with van der Waals surface area (Å²) in [6.45, 7) is 8.18. The summed E-state index contributed by atoms with van der Waals surface area (Å²) < 4.78 is 0.922. The predicted molar refractivity (Wildman–Crippen MR) is 110 cm³/mol. The molecule has 144 valence electrons. The van der Waals surface area contributed by atoms with Gasteiger partial charge in [-0.25, -0.2) is 4.90 Å². The summed E-state index contributed by atoms with van der Waals surface area (Å²) >= 11 is 3.49. The van der Waals surface area contributed by atoms with Crippen LogP contribution in [0.5, 0.6) is 0 Å². The molecule has 5 heteroatoms. The van der Waals surface area contributed by atoms with Crippen LogP contribution in [0.3, 0.4) is 0 Å². The summed E-state index contributed by atoms with van der Waals surface area (Å²) in [4.78, 5) is 39.2. The number of carbonyl (C=O) groups excluding carboxylic acids is 3. The SMILES string of the molecule is C[C@H](C1=CC(=O)CCC1)[C@H]1CC(=O)N(c2ccc(Br)cc2C(C)(C)C)C1=O. The van der Waals surface area contributed by atoms with E-state index in [-0.39, 0.29) is 35.4 Å². The quantitative estimate of drug-likeness (QED) is 0.636. The fourth-order valence-corrected chi connectivity index (χ4v) is 4.40. The third-order valence-corrected chi connectivity index (χ3v) is 6.11. The molecule has 2 aliphatic rings. The van der Waals surface area contributed by atoms with Gasteiger partial charge in [0.2, 0.25) is 11.8 Å². The smallest absolute Gasteiger partial charge is 0.237 e. The normalized spacial score (nSPS) is 22.3. The Morgan fingerprint density at radius 1 is 1.15 bits per heavy atom. The maximum atomic E-state index is 13.2. The lowest BCUT2D eigenvalue weighted by Gasteiger charge is -2.28. The molecule has 0 saturated carbocycles. The van der Waals surface area contributed by atoms with Gasteiger partial charge < -0.3 is 0 Å². The lowest BCUT2D eigenvalue weighted by atomic mass is 9.81. The number of hydrogen-bond acceptors (Lipinski definition) is 3. The number of hydrogen-bond donors (Lipinski definition) is 0.